The second kappa shape index (κ2) is 5.91. The number of nitrogens with two attached hydrogens (primary N) is 1. The van der Waals surface area contributed by atoms with Gasteiger partial charge in [0, 0.05) is 29.0 Å². The van der Waals surface area contributed by atoms with Crippen LogP contribution in [0.2, 0.25) is 0 Å². The van der Waals surface area contributed by atoms with Crippen molar-refractivity contribution in [1.29, 1.82) is 0 Å². The SMILES string of the molecule is CCOC1CCCN(c2ccc(N)cc2I)C1. The van der Waals surface area contributed by atoms with Gasteiger partial charge in [-0.1, -0.05) is 0 Å². The first kappa shape index (κ1) is 13.0. The van der Waals surface area contributed by atoms with Crippen molar-refractivity contribution in [3.63, 3.8) is 0 Å². The molecule has 3 nitrogen and oxygen atoms in total. The van der Waals surface area contributed by atoms with E-state index in [1.807, 2.05) is 12.1 Å². The first-order valence-electron chi connectivity index (χ1n) is 6.12. The number of anilines is 2. The zero-order valence-corrected chi connectivity index (χ0v) is 12.3. The fourth-order valence-electron chi connectivity index (χ4n) is 2.31. The van der Waals surface area contributed by atoms with Gasteiger partial charge in [-0.15, -0.1) is 0 Å². The Morgan fingerprint density at radius 3 is 3.06 bits per heavy atom. The average molecular weight is 346 g/mol. The Hall–Kier alpha value is -0.490. The standard InChI is InChI=1S/C13H19IN2O/c1-2-17-11-4-3-7-16(9-11)13-6-5-10(15)8-12(13)14/h5-6,8,11H,2-4,7,9,15H2,1H3. The van der Waals surface area contributed by atoms with Crippen molar-refractivity contribution in [2.24, 2.45) is 0 Å². The smallest absolute Gasteiger partial charge is 0.0750 e. The van der Waals surface area contributed by atoms with Crippen molar-refractivity contribution >= 4 is 34.0 Å². The third kappa shape index (κ3) is 3.25. The minimum atomic E-state index is 0.377. The normalized spacial score (nSPS) is 20.6. The van der Waals surface area contributed by atoms with Crippen molar-refractivity contribution in [2.45, 2.75) is 25.9 Å². The Morgan fingerprint density at radius 2 is 2.35 bits per heavy atom. The van der Waals surface area contributed by atoms with Crippen LogP contribution in [0, 0.1) is 3.57 Å². The van der Waals surface area contributed by atoms with E-state index in [1.54, 1.807) is 0 Å². The molecule has 2 rings (SSSR count). The quantitative estimate of drug-likeness (QED) is 0.676. The molecule has 1 aromatic rings. The summed E-state index contributed by atoms with van der Waals surface area (Å²) in [4.78, 5) is 2.41. The van der Waals surface area contributed by atoms with Crippen molar-refractivity contribution in [2.75, 3.05) is 30.3 Å². The van der Waals surface area contributed by atoms with Crippen LogP contribution in [0.4, 0.5) is 11.4 Å². The molecule has 1 aliphatic rings. The predicted octanol–water partition coefficient (Wildman–Crippen LogP) is 2.88. The fourth-order valence-corrected chi connectivity index (χ4v) is 3.19. The highest BCUT2D eigenvalue weighted by Gasteiger charge is 2.21. The molecule has 1 heterocycles. The van der Waals surface area contributed by atoms with E-state index in [4.69, 9.17) is 10.5 Å². The lowest BCUT2D eigenvalue weighted by Crippen LogP contribution is -2.40. The van der Waals surface area contributed by atoms with E-state index in [9.17, 15) is 0 Å². The molecule has 0 aliphatic carbocycles. The van der Waals surface area contributed by atoms with Crippen LogP contribution in [-0.4, -0.2) is 25.8 Å². The van der Waals surface area contributed by atoms with E-state index in [-0.39, 0.29) is 0 Å². The minimum Gasteiger partial charge on any atom is -0.399 e. The van der Waals surface area contributed by atoms with E-state index in [0.29, 0.717) is 6.10 Å². The summed E-state index contributed by atoms with van der Waals surface area (Å²) in [7, 11) is 0. The third-order valence-corrected chi connectivity index (χ3v) is 3.96. The lowest BCUT2D eigenvalue weighted by atomic mass is 10.1. The van der Waals surface area contributed by atoms with E-state index >= 15 is 0 Å². The molecule has 1 unspecified atom stereocenters. The molecule has 1 aliphatic heterocycles. The summed E-state index contributed by atoms with van der Waals surface area (Å²) < 4.78 is 6.95. The molecule has 0 spiro atoms. The Labute approximate surface area is 116 Å². The number of hydrogen-bond acceptors (Lipinski definition) is 3. The minimum absolute atomic E-state index is 0.377. The van der Waals surface area contributed by atoms with E-state index in [1.165, 1.54) is 22.1 Å². The summed E-state index contributed by atoms with van der Waals surface area (Å²) in [6.45, 7) is 4.97. The van der Waals surface area contributed by atoms with Gasteiger partial charge in [0.15, 0.2) is 0 Å². The zero-order valence-electron chi connectivity index (χ0n) is 10.2. The van der Waals surface area contributed by atoms with Gasteiger partial charge in [0.1, 0.15) is 0 Å². The molecular weight excluding hydrogens is 327 g/mol. The van der Waals surface area contributed by atoms with Crippen molar-refractivity contribution < 1.29 is 4.74 Å². The highest BCUT2D eigenvalue weighted by Crippen LogP contribution is 2.27. The molecular formula is C13H19IN2O. The van der Waals surface area contributed by atoms with E-state index in [2.05, 4.69) is 40.5 Å². The topological polar surface area (TPSA) is 38.5 Å². The summed E-state index contributed by atoms with van der Waals surface area (Å²) in [6.07, 6.45) is 2.75. The largest absolute Gasteiger partial charge is 0.399 e. The summed E-state index contributed by atoms with van der Waals surface area (Å²) >= 11 is 2.35. The van der Waals surface area contributed by atoms with Crippen LogP contribution in [0.15, 0.2) is 18.2 Å². The number of piperidine rings is 1. The summed E-state index contributed by atoms with van der Waals surface area (Å²) in [5.41, 5.74) is 7.90. The maximum atomic E-state index is 5.78. The number of rotatable bonds is 3. The number of hydrogen-bond donors (Lipinski definition) is 1. The lowest BCUT2D eigenvalue weighted by molar-refractivity contribution is 0.0526. The van der Waals surface area contributed by atoms with Crippen molar-refractivity contribution in [1.82, 2.24) is 0 Å². The summed E-state index contributed by atoms with van der Waals surface area (Å²) in [5.74, 6) is 0. The van der Waals surface area contributed by atoms with Crippen LogP contribution < -0.4 is 10.6 Å². The van der Waals surface area contributed by atoms with Gasteiger partial charge in [0.2, 0.25) is 0 Å². The second-order valence-electron chi connectivity index (χ2n) is 4.38. The van der Waals surface area contributed by atoms with Crippen LogP contribution in [0.5, 0.6) is 0 Å². The summed E-state index contributed by atoms with van der Waals surface area (Å²) in [5, 5.41) is 0. The van der Waals surface area contributed by atoms with Gasteiger partial charge in [0.25, 0.3) is 0 Å². The average Bonchev–Trinajstić information content (AvgIpc) is 2.29. The monoisotopic (exact) mass is 346 g/mol. The molecule has 2 N–H and O–H groups in total. The van der Waals surface area contributed by atoms with Gasteiger partial charge >= 0.3 is 0 Å². The van der Waals surface area contributed by atoms with Crippen LogP contribution in [0.3, 0.4) is 0 Å². The highest BCUT2D eigenvalue weighted by atomic mass is 127. The van der Waals surface area contributed by atoms with Gasteiger partial charge < -0.3 is 15.4 Å². The second-order valence-corrected chi connectivity index (χ2v) is 5.54. The molecule has 0 radical (unpaired) electrons. The molecule has 94 valence electrons. The molecule has 1 saturated heterocycles. The third-order valence-electron chi connectivity index (χ3n) is 3.09. The number of nitrogens with zero attached hydrogens (tertiary/aromatic N) is 1. The number of ether oxygens (including phenoxy) is 1. The van der Waals surface area contributed by atoms with Crippen LogP contribution in [0.1, 0.15) is 19.8 Å². The van der Waals surface area contributed by atoms with E-state index < -0.39 is 0 Å². The lowest BCUT2D eigenvalue weighted by Gasteiger charge is -2.34. The first-order valence-corrected chi connectivity index (χ1v) is 7.20. The van der Waals surface area contributed by atoms with Gasteiger partial charge in [-0.2, -0.15) is 0 Å². The van der Waals surface area contributed by atoms with Gasteiger partial charge in [0.05, 0.1) is 11.8 Å². The Balaban J connectivity index is 2.10. The Kier molecular flexibility index (Phi) is 4.50. The number of benzene rings is 1. The zero-order chi connectivity index (χ0) is 12.3. The maximum absolute atomic E-state index is 5.78. The summed E-state index contributed by atoms with van der Waals surface area (Å²) in [6, 6.07) is 6.12. The van der Waals surface area contributed by atoms with Crippen LogP contribution in [0.25, 0.3) is 0 Å². The van der Waals surface area contributed by atoms with E-state index in [0.717, 1.165) is 25.4 Å². The molecule has 1 aromatic carbocycles. The maximum Gasteiger partial charge on any atom is 0.0750 e. The fraction of sp³-hybridized carbons (Fsp3) is 0.538. The molecule has 0 saturated carbocycles. The molecule has 0 amide bonds. The Bertz CT molecular complexity index is 382. The molecule has 0 bridgehead atoms. The van der Waals surface area contributed by atoms with Gasteiger partial charge in [-0.05, 0) is 60.6 Å². The van der Waals surface area contributed by atoms with Crippen LogP contribution >= 0.6 is 22.6 Å². The van der Waals surface area contributed by atoms with Gasteiger partial charge in [-0.25, -0.2) is 0 Å². The highest BCUT2D eigenvalue weighted by molar-refractivity contribution is 14.1. The number of halogens is 1. The molecule has 1 atom stereocenters. The molecule has 17 heavy (non-hydrogen) atoms. The van der Waals surface area contributed by atoms with Crippen molar-refractivity contribution in [3.8, 4) is 0 Å². The first-order chi connectivity index (χ1) is 8.20. The van der Waals surface area contributed by atoms with Crippen molar-refractivity contribution in [3.05, 3.63) is 21.8 Å². The predicted molar refractivity (Wildman–Crippen MR) is 80.4 cm³/mol. The molecule has 0 aromatic heterocycles. The molecule has 4 heteroatoms. The molecule has 1 fully saturated rings. The number of nitrogen functional groups attached to an aromatic ring is 1. The van der Waals surface area contributed by atoms with Crippen LogP contribution in [-0.2, 0) is 4.74 Å². The Morgan fingerprint density at radius 1 is 1.53 bits per heavy atom. The van der Waals surface area contributed by atoms with Gasteiger partial charge in [-0.3, -0.25) is 0 Å².